The van der Waals surface area contributed by atoms with E-state index < -0.39 is 0 Å². The van der Waals surface area contributed by atoms with E-state index in [4.69, 9.17) is 0 Å². The van der Waals surface area contributed by atoms with Crippen molar-refractivity contribution in [1.29, 1.82) is 0 Å². The summed E-state index contributed by atoms with van der Waals surface area (Å²) in [7, 11) is 0. The number of rotatable bonds is 2. The maximum absolute atomic E-state index is 2.50. The highest BCUT2D eigenvalue weighted by molar-refractivity contribution is 6.33. The van der Waals surface area contributed by atoms with Crippen molar-refractivity contribution in [3.05, 3.63) is 140 Å². The van der Waals surface area contributed by atoms with Crippen LogP contribution in [0.4, 0.5) is 0 Å². The molecule has 0 atom stereocenters. The molecule has 39 heavy (non-hydrogen) atoms. The molecule has 0 aliphatic carbocycles. The normalized spacial score (nSPS) is 12.1. The van der Waals surface area contributed by atoms with E-state index in [9.17, 15) is 0 Å². The Bertz CT molecular complexity index is 2390. The molecule has 0 saturated carbocycles. The van der Waals surface area contributed by atoms with Crippen LogP contribution in [0.15, 0.2) is 140 Å². The Labute approximate surface area is 225 Å². The Morgan fingerprint density at radius 1 is 0.359 bits per heavy atom. The van der Waals surface area contributed by atoms with Crippen LogP contribution >= 0.6 is 0 Å². The fourth-order valence-electron chi connectivity index (χ4n) is 6.70. The van der Waals surface area contributed by atoms with E-state index >= 15 is 0 Å². The third-order valence-electron chi connectivity index (χ3n) is 8.47. The van der Waals surface area contributed by atoms with Crippen molar-refractivity contribution in [2.75, 3.05) is 0 Å². The first kappa shape index (κ1) is 20.9. The first-order chi connectivity index (χ1) is 19.3. The van der Waals surface area contributed by atoms with E-state index in [1.165, 1.54) is 81.7 Å². The maximum Gasteiger partial charge on any atom is 0.0620 e. The van der Waals surface area contributed by atoms with Gasteiger partial charge in [0.25, 0.3) is 0 Å². The molecule has 1 aromatic heterocycles. The van der Waals surface area contributed by atoms with E-state index in [1.54, 1.807) is 0 Å². The van der Waals surface area contributed by atoms with Crippen molar-refractivity contribution in [2.24, 2.45) is 0 Å². The zero-order chi connectivity index (χ0) is 25.5. The first-order valence-corrected chi connectivity index (χ1v) is 13.5. The summed E-state index contributed by atoms with van der Waals surface area (Å²) in [5.41, 5.74) is 4.88. The van der Waals surface area contributed by atoms with E-state index in [-0.39, 0.29) is 0 Å². The fourth-order valence-corrected chi connectivity index (χ4v) is 6.70. The van der Waals surface area contributed by atoms with Gasteiger partial charge in [-0.1, -0.05) is 115 Å². The Balaban J connectivity index is 1.50. The molecule has 0 spiro atoms. The van der Waals surface area contributed by atoms with E-state index in [2.05, 4.69) is 144 Å². The molecule has 9 rings (SSSR count). The molecule has 0 N–H and O–H groups in total. The standard InChI is InChI=1S/C38H23N/c1-3-9-28-21-30(18-15-24(28)7-1)35-23-34-32-13-5-11-26-16-17-27-12-6-14-33(37(27)36(26)32)38(34)39(35)31-20-19-25-8-2-4-10-29(25)22-31/h1-23H. The van der Waals surface area contributed by atoms with Crippen LogP contribution in [0, 0.1) is 0 Å². The topological polar surface area (TPSA) is 4.93 Å². The molecule has 8 aromatic carbocycles. The first-order valence-electron chi connectivity index (χ1n) is 13.5. The third kappa shape index (κ3) is 2.90. The van der Waals surface area contributed by atoms with Crippen molar-refractivity contribution in [3.8, 4) is 16.9 Å². The Morgan fingerprint density at radius 2 is 0.923 bits per heavy atom. The summed E-state index contributed by atoms with van der Waals surface area (Å²) in [5, 5.41) is 14.2. The van der Waals surface area contributed by atoms with Crippen LogP contribution < -0.4 is 0 Å². The van der Waals surface area contributed by atoms with Crippen LogP contribution in [-0.4, -0.2) is 4.57 Å². The molecule has 180 valence electrons. The molecule has 0 saturated heterocycles. The summed E-state index contributed by atoms with van der Waals surface area (Å²) in [5.74, 6) is 0. The lowest BCUT2D eigenvalue weighted by Crippen LogP contribution is -1.98. The molecule has 0 aliphatic rings. The molecule has 1 heteroatoms. The van der Waals surface area contributed by atoms with E-state index in [0.717, 1.165) is 0 Å². The molecule has 0 amide bonds. The average Bonchev–Trinajstić information content (AvgIpc) is 3.41. The molecule has 0 bridgehead atoms. The van der Waals surface area contributed by atoms with Gasteiger partial charge in [-0.2, -0.15) is 0 Å². The summed E-state index contributed by atoms with van der Waals surface area (Å²) < 4.78 is 2.50. The van der Waals surface area contributed by atoms with Gasteiger partial charge in [-0.25, -0.2) is 0 Å². The molecular weight excluding hydrogens is 470 g/mol. The van der Waals surface area contributed by atoms with Crippen LogP contribution in [-0.2, 0) is 0 Å². The number of benzene rings is 8. The molecule has 9 aromatic rings. The van der Waals surface area contributed by atoms with Gasteiger partial charge in [0.2, 0.25) is 0 Å². The van der Waals surface area contributed by atoms with Gasteiger partial charge in [-0.3, -0.25) is 0 Å². The summed E-state index contributed by atoms with van der Waals surface area (Å²) in [6.07, 6.45) is 0. The van der Waals surface area contributed by atoms with Gasteiger partial charge in [-0.15, -0.1) is 0 Å². The van der Waals surface area contributed by atoms with E-state index in [0.29, 0.717) is 0 Å². The molecule has 0 aliphatic heterocycles. The second-order valence-corrected chi connectivity index (χ2v) is 10.6. The van der Waals surface area contributed by atoms with Crippen molar-refractivity contribution < 1.29 is 0 Å². The van der Waals surface area contributed by atoms with Crippen LogP contribution in [0.1, 0.15) is 0 Å². The lowest BCUT2D eigenvalue weighted by molar-refractivity contribution is 1.15. The minimum atomic E-state index is 1.18. The Kier molecular flexibility index (Phi) is 4.11. The van der Waals surface area contributed by atoms with Gasteiger partial charge in [0, 0.05) is 16.5 Å². The number of aromatic nitrogens is 1. The van der Waals surface area contributed by atoms with Crippen molar-refractivity contribution >= 4 is 64.8 Å². The van der Waals surface area contributed by atoms with Gasteiger partial charge in [0.1, 0.15) is 0 Å². The highest BCUT2D eigenvalue weighted by Crippen LogP contribution is 2.44. The van der Waals surface area contributed by atoms with Crippen molar-refractivity contribution in [2.45, 2.75) is 0 Å². The summed E-state index contributed by atoms with van der Waals surface area (Å²) in [6.45, 7) is 0. The molecule has 1 heterocycles. The fraction of sp³-hybridized carbons (Fsp3) is 0. The SMILES string of the molecule is c1ccc2cc(-c3cc4c5cccc6ccc7cccc(c7c65)c4n3-c3ccc4ccccc4c3)ccc2c1. The summed E-state index contributed by atoms with van der Waals surface area (Å²) in [4.78, 5) is 0. The molecule has 0 unspecified atom stereocenters. The number of hydrogen-bond acceptors (Lipinski definition) is 0. The summed E-state index contributed by atoms with van der Waals surface area (Å²) in [6, 6.07) is 51.4. The molecule has 0 radical (unpaired) electrons. The average molecular weight is 494 g/mol. The largest absolute Gasteiger partial charge is 0.309 e. The predicted molar refractivity (Wildman–Crippen MR) is 167 cm³/mol. The number of nitrogens with zero attached hydrogens (tertiary/aromatic N) is 1. The number of fused-ring (bicyclic) bond motifs is 5. The van der Waals surface area contributed by atoms with Crippen LogP contribution in [0.3, 0.4) is 0 Å². The van der Waals surface area contributed by atoms with Gasteiger partial charge >= 0.3 is 0 Å². The second kappa shape index (κ2) is 7.69. The lowest BCUT2D eigenvalue weighted by atomic mass is 9.92. The lowest BCUT2D eigenvalue weighted by Gasteiger charge is -2.17. The van der Waals surface area contributed by atoms with Gasteiger partial charge in [0.05, 0.1) is 11.2 Å². The molecule has 0 fully saturated rings. The Hall–Kier alpha value is -5.14. The van der Waals surface area contributed by atoms with Crippen LogP contribution in [0.25, 0.3) is 81.7 Å². The smallest absolute Gasteiger partial charge is 0.0620 e. The van der Waals surface area contributed by atoms with Crippen molar-refractivity contribution in [1.82, 2.24) is 4.57 Å². The zero-order valence-corrected chi connectivity index (χ0v) is 21.2. The zero-order valence-electron chi connectivity index (χ0n) is 21.2. The molecule has 1 nitrogen and oxygen atoms in total. The minimum Gasteiger partial charge on any atom is -0.309 e. The molecular formula is C38H23N. The van der Waals surface area contributed by atoms with Crippen molar-refractivity contribution in [3.63, 3.8) is 0 Å². The van der Waals surface area contributed by atoms with Gasteiger partial charge in [0.15, 0.2) is 0 Å². The van der Waals surface area contributed by atoms with E-state index in [1.807, 2.05) is 0 Å². The van der Waals surface area contributed by atoms with Crippen LogP contribution in [0.2, 0.25) is 0 Å². The number of hydrogen-bond donors (Lipinski definition) is 0. The predicted octanol–water partition coefficient (Wildman–Crippen LogP) is 10.5. The van der Waals surface area contributed by atoms with Crippen LogP contribution in [0.5, 0.6) is 0 Å². The quantitative estimate of drug-likeness (QED) is 0.211. The highest BCUT2D eigenvalue weighted by Gasteiger charge is 2.20. The van der Waals surface area contributed by atoms with Gasteiger partial charge < -0.3 is 4.57 Å². The monoisotopic (exact) mass is 493 g/mol. The third-order valence-corrected chi connectivity index (χ3v) is 8.47. The highest BCUT2D eigenvalue weighted by atomic mass is 15.0. The maximum atomic E-state index is 2.50. The Morgan fingerprint density at radius 3 is 1.67 bits per heavy atom. The minimum absolute atomic E-state index is 1.18. The summed E-state index contributed by atoms with van der Waals surface area (Å²) >= 11 is 0. The van der Waals surface area contributed by atoms with Gasteiger partial charge in [-0.05, 0) is 78.3 Å². The second-order valence-electron chi connectivity index (χ2n) is 10.6.